The Morgan fingerprint density at radius 3 is 2.21 bits per heavy atom. The minimum absolute atomic E-state index is 0.0156. The second-order valence-corrected chi connectivity index (χ2v) is 7.49. The number of benzene rings is 2. The Labute approximate surface area is 162 Å². The summed E-state index contributed by atoms with van der Waals surface area (Å²) in [5, 5.41) is 5.10. The van der Waals surface area contributed by atoms with Gasteiger partial charge in [-0.2, -0.15) is 22.0 Å². The van der Waals surface area contributed by atoms with E-state index in [0.717, 1.165) is 36.4 Å². The van der Waals surface area contributed by atoms with E-state index in [0.29, 0.717) is 12.6 Å². The van der Waals surface area contributed by atoms with Crippen LogP contribution in [0.4, 0.5) is 33.3 Å². The molecule has 0 radical (unpaired) electrons. The van der Waals surface area contributed by atoms with Crippen LogP contribution in [0.5, 0.6) is 5.75 Å². The van der Waals surface area contributed by atoms with Crippen LogP contribution in [0, 0.1) is 0 Å². The lowest BCUT2D eigenvalue weighted by molar-refractivity contribution is -0.0499. The molecule has 0 saturated heterocycles. The summed E-state index contributed by atoms with van der Waals surface area (Å²) in [7, 11) is -5.61. The Balaban J connectivity index is 2.34. The summed E-state index contributed by atoms with van der Waals surface area (Å²) in [6, 6.07) is 7.09. The topological polar surface area (TPSA) is 84.5 Å². The molecule has 12 heteroatoms. The Morgan fingerprint density at radius 1 is 1.07 bits per heavy atom. The summed E-state index contributed by atoms with van der Waals surface area (Å²) in [4.78, 5) is 11.3. The molecule has 158 valence electrons. The highest BCUT2D eigenvalue weighted by molar-refractivity contribution is 7.92. The SMILES string of the molecule is CCNc1ccc(S(=O)(=O)C(F)(F)F)cc1NC(=O)c1ccc(OC(F)F)cc1. The largest absolute Gasteiger partial charge is 0.501 e. The van der Waals surface area contributed by atoms with Crippen LogP contribution in [0.25, 0.3) is 0 Å². The van der Waals surface area contributed by atoms with Crippen LogP contribution in [-0.2, 0) is 9.84 Å². The molecule has 0 aliphatic heterocycles. The molecule has 0 unspecified atom stereocenters. The number of nitrogens with one attached hydrogen (secondary N) is 2. The van der Waals surface area contributed by atoms with Gasteiger partial charge < -0.3 is 15.4 Å². The normalized spacial score (nSPS) is 12.0. The van der Waals surface area contributed by atoms with Crippen LogP contribution < -0.4 is 15.4 Å². The highest BCUT2D eigenvalue weighted by Crippen LogP contribution is 2.34. The Bertz CT molecular complexity index is 976. The van der Waals surface area contributed by atoms with Crippen molar-refractivity contribution in [2.45, 2.75) is 23.9 Å². The fraction of sp³-hybridized carbons (Fsp3) is 0.235. The van der Waals surface area contributed by atoms with Gasteiger partial charge in [-0.3, -0.25) is 4.79 Å². The van der Waals surface area contributed by atoms with Gasteiger partial charge in [-0.05, 0) is 49.4 Å². The fourth-order valence-corrected chi connectivity index (χ4v) is 3.04. The highest BCUT2D eigenvalue weighted by Gasteiger charge is 2.47. The molecule has 2 N–H and O–H groups in total. The number of halogens is 5. The molecule has 0 heterocycles. The number of carbonyl (C=O) groups excluding carboxylic acids is 1. The van der Waals surface area contributed by atoms with E-state index < -0.39 is 32.8 Å². The minimum atomic E-state index is -5.61. The third-order valence-corrected chi connectivity index (χ3v) is 5.05. The summed E-state index contributed by atoms with van der Waals surface area (Å²) < 4.78 is 90.1. The van der Waals surface area contributed by atoms with Crippen molar-refractivity contribution in [3.8, 4) is 5.75 Å². The van der Waals surface area contributed by atoms with Crippen molar-refractivity contribution >= 4 is 27.1 Å². The Kier molecular flexibility index (Phi) is 6.67. The first-order valence-electron chi connectivity index (χ1n) is 8.01. The number of hydrogen-bond acceptors (Lipinski definition) is 5. The summed E-state index contributed by atoms with van der Waals surface area (Å²) in [5.74, 6) is -0.988. The maximum Gasteiger partial charge on any atom is 0.501 e. The molecule has 0 saturated carbocycles. The number of hydrogen-bond donors (Lipinski definition) is 2. The second kappa shape index (κ2) is 8.64. The molecule has 0 spiro atoms. The third-order valence-electron chi connectivity index (χ3n) is 3.56. The molecule has 2 rings (SSSR count). The van der Waals surface area contributed by atoms with Crippen LogP contribution in [0.1, 0.15) is 17.3 Å². The number of alkyl halides is 5. The van der Waals surface area contributed by atoms with E-state index >= 15 is 0 Å². The lowest BCUT2D eigenvalue weighted by Crippen LogP contribution is -2.23. The molecule has 0 atom stereocenters. The predicted molar refractivity (Wildman–Crippen MR) is 94.9 cm³/mol. The van der Waals surface area contributed by atoms with Gasteiger partial charge in [0, 0.05) is 12.1 Å². The first-order valence-corrected chi connectivity index (χ1v) is 9.49. The average Bonchev–Trinajstić information content (AvgIpc) is 2.62. The van der Waals surface area contributed by atoms with Gasteiger partial charge in [0.2, 0.25) is 0 Å². The zero-order valence-corrected chi connectivity index (χ0v) is 15.6. The van der Waals surface area contributed by atoms with Crippen molar-refractivity contribution in [3.05, 3.63) is 48.0 Å². The van der Waals surface area contributed by atoms with Crippen molar-refractivity contribution in [2.75, 3.05) is 17.2 Å². The summed E-state index contributed by atoms with van der Waals surface area (Å²) in [6.45, 7) is -1.02. The number of amides is 1. The lowest BCUT2D eigenvalue weighted by atomic mass is 10.2. The van der Waals surface area contributed by atoms with Crippen LogP contribution in [0.2, 0.25) is 0 Å². The fourth-order valence-electron chi connectivity index (χ4n) is 2.25. The van der Waals surface area contributed by atoms with Gasteiger partial charge in [0.1, 0.15) is 5.75 Å². The molecule has 2 aromatic carbocycles. The molecule has 1 amide bonds. The Hall–Kier alpha value is -2.89. The summed E-state index contributed by atoms with van der Waals surface area (Å²) in [5.41, 5.74) is -5.53. The summed E-state index contributed by atoms with van der Waals surface area (Å²) >= 11 is 0. The quantitative estimate of drug-likeness (QED) is 0.631. The number of ether oxygens (including phenoxy) is 1. The molecule has 0 bridgehead atoms. The van der Waals surface area contributed by atoms with Gasteiger partial charge in [0.05, 0.1) is 16.3 Å². The van der Waals surface area contributed by atoms with Gasteiger partial charge in [-0.1, -0.05) is 0 Å². The van der Waals surface area contributed by atoms with Crippen molar-refractivity contribution in [2.24, 2.45) is 0 Å². The molecular formula is C17H15F5N2O4S. The number of rotatable bonds is 7. The first kappa shape index (κ1) is 22.4. The van der Waals surface area contributed by atoms with Crippen molar-refractivity contribution in [1.29, 1.82) is 0 Å². The molecule has 0 aliphatic carbocycles. The molecule has 2 aromatic rings. The van der Waals surface area contributed by atoms with Crippen LogP contribution in [0.15, 0.2) is 47.4 Å². The minimum Gasteiger partial charge on any atom is -0.435 e. The Morgan fingerprint density at radius 2 is 1.69 bits per heavy atom. The summed E-state index contributed by atoms with van der Waals surface area (Å²) in [6.07, 6.45) is 0. The van der Waals surface area contributed by atoms with Crippen LogP contribution in [0.3, 0.4) is 0 Å². The molecule has 0 aliphatic rings. The molecule has 29 heavy (non-hydrogen) atoms. The number of carbonyl (C=O) groups is 1. The van der Waals surface area contributed by atoms with E-state index in [1.165, 1.54) is 0 Å². The van der Waals surface area contributed by atoms with E-state index in [1.807, 2.05) is 0 Å². The van der Waals surface area contributed by atoms with Gasteiger partial charge in [-0.15, -0.1) is 0 Å². The maximum absolute atomic E-state index is 12.8. The molecule has 0 aromatic heterocycles. The first-order chi connectivity index (χ1) is 13.5. The van der Waals surface area contributed by atoms with E-state index in [9.17, 15) is 35.2 Å². The predicted octanol–water partition coefficient (Wildman–Crippen LogP) is 4.27. The van der Waals surface area contributed by atoms with E-state index in [4.69, 9.17) is 0 Å². The highest BCUT2D eigenvalue weighted by atomic mass is 32.2. The second-order valence-electron chi connectivity index (χ2n) is 5.54. The third kappa shape index (κ3) is 5.34. The van der Waals surface area contributed by atoms with Crippen molar-refractivity contribution in [1.82, 2.24) is 0 Å². The monoisotopic (exact) mass is 438 g/mol. The molecular weight excluding hydrogens is 423 g/mol. The van der Waals surface area contributed by atoms with Crippen molar-refractivity contribution in [3.63, 3.8) is 0 Å². The van der Waals surface area contributed by atoms with E-state index in [-0.39, 0.29) is 22.7 Å². The van der Waals surface area contributed by atoms with Crippen LogP contribution in [-0.4, -0.2) is 33.0 Å². The van der Waals surface area contributed by atoms with E-state index in [2.05, 4.69) is 15.4 Å². The smallest absolute Gasteiger partial charge is 0.435 e. The standard InChI is InChI=1S/C17H15F5N2O4S/c1-2-23-13-8-7-12(29(26,27)17(20,21)22)9-14(13)24-15(25)10-3-5-11(6-4-10)28-16(18)19/h3-9,16,23H,2H2,1H3,(H,24,25). The average molecular weight is 438 g/mol. The molecule has 6 nitrogen and oxygen atoms in total. The number of anilines is 2. The number of sulfone groups is 1. The van der Waals surface area contributed by atoms with Gasteiger partial charge in [0.25, 0.3) is 15.7 Å². The van der Waals surface area contributed by atoms with E-state index in [1.54, 1.807) is 6.92 Å². The van der Waals surface area contributed by atoms with Crippen LogP contribution >= 0.6 is 0 Å². The van der Waals surface area contributed by atoms with Crippen molar-refractivity contribution < 1.29 is 39.9 Å². The van der Waals surface area contributed by atoms with Gasteiger partial charge in [-0.25, -0.2) is 8.42 Å². The zero-order chi connectivity index (χ0) is 21.8. The van der Waals surface area contributed by atoms with Gasteiger partial charge >= 0.3 is 12.1 Å². The zero-order valence-electron chi connectivity index (χ0n) is 14.8. The molecule has 0 fully saturated rings. The van der Waals surface area contributed by atoms with Gasteiger partial charge in [0.15, 0.2) is 0 Å². The maximum atomic E-state index is 12.8. The lowest BCUT2D eigenvalue weighted by Gasteiger charge is -2.15.